The number of halogens is 1. The van der Waals surface area contributed by atoms with Crippen molar-refractivity contribution < 1.29 is 4.79 Å². The quantitative estimate of drug-likeness (QED) is 0.716. The predicted molar refractivity (Wildman–Crippen MR) is 91.2 cm³/mol. The summed E-state index contributed by atoms with van der Waals surface area (Å²) in [4.78, 5) is 18.8. The average molecular weight is 326 g/mol. The topological polar surface area (TPSA) is 38.1 Å². The molecule has 1 saturated heterocycles. The van der Waals surface area contributed by atoms with Crippen LogP contribution in [0.15, 0.2) is 48.8 Å². The standard InChI is InChI=1S/C18H16ClN3O/c19-14-4-3-5-15(11-14)22-12-20-16-10-13(6-7-17(16)22)18(23)21-8-1-2-9-21/h3-7,10-12H,1-2,8-9H2. The number of benzene rings is 2. The molecule has 0 spiro atoms. The minimum atomic E-state index is 0.0988. The van der Waals surface area contributed by atoms with Crippen LogP contribution in [0.3, 0.4) is 0 Å². The van der Waals surface area contributed by atoms with Crippen molar-refractivity contribution in [3.8, 4) is 5.69 Å². The fraction of sp³-hybridized carbons (Fsp3) is 0.222. The summed E-state index contributed by atoms with van der Waals surface area (Å²) in [7, 11) is 0. The number of hydrogen-bond acceptors (Lipinski definition) is 2. The lowest BCUT2D eigenvalue weighted by atomic mass is 10.1. The minimum Gasteiger partial charge on any atom is -0.339 e. The largest absolute Gasteiger partial charge is 0.339 e. The molecule has 1 aliphatic heterocycles. The molecule has 0 radical (unpaired) electrons. The van der Waals surface area contributed by atoms with Crippen LogP contribution in [-0.4, -0.2) is 33.4 Å². The lowest BCUT2D eigenvalue weighted by molar-refractivity contribution is 0.0793. The first-order chi connectivity index (χ1) is 11.2. The molecule has 116 valence electrons. The zero-order valence-corrected chi connectivity index (χ0v) is 13.3. The second-order valence-corrected chi connectivity index (χ2v) is 6.23. The fourth-order valence-electron chi connectivity index (χ4n) is 3.08. The van der Waals surface area contributed by atoms with Gasteiger partial charge in [0.15, 0.2) is 0 Å². The van der Waals surface area contributed by atoms with Crippen molar-refractivity contribution in [1.29, 1.82) is 0 Å². The van der Waals surface area contributed by atoms with Crippen LogP contribution >= 0.6 is 11.6 Å². The highest BCUT2D eigenvalue weighted by molar-refractivity contribution is 6.30. The smallest absolute Gasteiger partial charge is 0.253 e. The van der Waals surface area contributed by atoms with Gasteiger partial charge in [-0.1, -0.05) is 17.7 Å². The third-order valence-electron chi connectivity index (χ3n) is 4.27. The van der Waals surface area contributed by atoms with Gasteiger partial charge in [-0.15, -0.1) is 0 Å². The van der Waals surface area contributed by atoms with E-state index in [4.69, 9.17) is 11.6 Å². The van der Waals surface area contributed by atoms with Gasteiger partial charge in [0.05, 0.1) is 11.0 Å². The molecule has 1 amide bonds. The van der Waals surface area contributed by atoms with E-state index >= 15 is 0 Å². The number of imidazole rings is 1. The maximum absolute atomic E-state index is 12.5. The van der Waals surface area contributed by atoms with E-state index in [-0.39, 0.29) is 5.91 Å². The summed E-state index contributed by atoms with van der Waals surface area (Å²) in [5.41, 5.74) is 3.44. The molecule has 1 aromatic heterocycles. The monoisotopic (exact) mass is 325 g/mol. The van der Waals surface area contributed by atoms with E-state index in [1.54, 1.807) is 6.33 Å². The lowest BCUT2D eigenvalue weighted by Crippen LogP contribution is -2.27. The van der Waals surface area contributed by atoms with Crippen molar-refractivity contribution in [3.63, 3.8) is 0 Å². The van der Waals surface area contributed by atoms with E-state index in [1.165, 1.54) is 0 Å². The number of aromatic nitrogens is 2. The Bertz CT molecular complexity index is 881. The minimum absolute atomic E-state index is 0.0988. The third-order valence-corrected chi connectivity index (χ3v) is 4.51. The van der Waals surface area contributed by atoms with E-state index < -0.39 is 0 Å². The Kier molecular flexibility index (Phi) is 3.54. The van der Waals surface area contributed by atoms with Gasteiger partial charge >= 0.3 is 0 Å². The number of hydrogen-bond donors (Lipinski definition) is 0. The molecule has 0 atom stereocenters. The first-order valence-electron chi connectivity index (χ1n) is 7.75. The first-order valence-corrected chi connectivity index (χ1v) is 8.12. The maximum Gasteiger partial charge on any atom is 0.253 e. The Labute approximate surface area is 139 Å². The highest BCUT2D eigenvalue weighted by Crippen LogP contribution is 2.22. The second-order valence-electron chi connectivity index (χ2n) is 5.80. The maximum atomic E-state index is 12.5. The van der Waals surface area contributed by atoms with Gasteiger partial charge < -0.3 is 4.90 Å². The van der Waals surface area contributed by atoms with Crippen LogP contribution in [0.1, 0.15) is 23.2 Å². The van der Waals surface area contributed by atoms with Crippen molar-refractivity contribution in [2.75, 3.05) is 13.1 Å². The second kappa shape index (κ2) is 5.70. The summed E-state index contributed by atoms with van der Waals surface area (Å²) in [6, 6.07) is 13.3. The molecule has 0 N–H and O–H groups in total. The third kappa shape index (κ3) is 2.59. The van der Waals surface area contributed by atoms with Crippen LogP contribution in [-0.2, 0) is 0 Å². The van der Waals surface area contributed by atoms with Gasteiger partial charge in [-0.25, -0.2) is 4.98 Å². The molecule has 0 unspecified atom stereocenters. The van der Waals surface area contributed by atoms with Gasteiger partial charge in [0.2, 0.25) is 0 Å². The zero-order chi connectivity index (χ0) is 15.8. The number of likely N-dealkylation sites (tertiary alicyclic amines) is 1. The molecule has 4 nitrogen and oxygen atoms in total. The Morgan fingerprint density at radius 3 is 2.70 bits per heavy atom. The van der Waals surface area contributed by atoms with E-state index in [0.29, 0.717) is 10.6 Å². The van der Waals surface area contributed by atoms with Crippen LogP contribution in [0.25, 0.3) is 16.7 Å². The molecule has 0 bridgehead atoms. The van der Waals surface area contributed by atoms with Crippen molar-refractivity contribution in [3.05, 3.63) is 59.4 Å². The Morgan fingerprint density at radius 1 is 1.09 bits per heavy atom. The molecule has 5 heteroatoms. The van der Waals surface area contributed by atoms with E-state index in [1.807, 2.05) is 51.9 Å². The summed E-state index contributed by atoms with van der Waals surface area (Å²) < 4.78 is 1.98. The number of amides is 1. The highest BCUT2D eigenvalue weighted by Gasteiger charge is 2.20. The average Bonchev–Trinajstić information content (AvgIpc) is 3.23. The van der Waals surface area contributed by atoms with Gasteiger partial charge in [0.25, 0.3) is 5.91 Å². The van der Waals surface area contributed by atoms with Crippen LogP contribution in [0, 0.1) is 0 Å². The van der Waals surface area contributed by atoms with Crippen molar-refractivity contribution in [2.24, 2.45) is 0 Å². The number of carbonyl (C=O) groups is 1. The van der Waals surface area contributed by atoms with Crippen molar-refractivity contribution in [1.82, 2.24) is 14.5 Å². The summed E-state index contributed by atoms with van der Waals surface area (Å²) in [5.74, 6) is 0.0988. The zero-order valence-electron chi connectivity index (χ0n) is 12.6. The summed E-state index contributed by atoms with van der Waals surface area (Å²) in [5, 5.41) is 0.685. The molecule has 2 heterocycles. The highest BCUT2D eigenvalue weighted by atomic mass is 35.5. The summed E-state index contributed by atoms with van der Waals surface area (Å²) in [6.07, 6.45) is 3.95. The fourth-order valence-corrected chi connectivity index (χ4v) is 3.26. The molecule has 1 fully saturated rings. The number of rotatable bonds is 2. The molecule has 23 heavy (non-hydrogen) atoms. The normalized spacial score (nSPS) is 14.6. The predicted octanol–water partition coefficient (Wildman–Crippen LogP) is 3.91. The van der Waals surface area contributed by atoms with Gasteiger partial charge in [-0.2, -0.15) is 0 Å². The molecular formula is C18H16ClN3O. The first kappa shape index (κ1) is 14.3. The van der Waals surface area contributed by atoms with Gasteiger partial charge in [0, 0.05) is 29.4 Å². The molecule has 0 saturated carbocycles. The van der Waals surface area contributed by atoms with Crippen LogP contribution in [0.2, 0.25) is 5.02 Å². The Morgan fingerprint density at radius 2 is 1.91 bits per heavy atom. The molecular weight excluding hydrogens is 310 g/mol. The van der Waals surface area contributed by atoms with E-state index in [0.717, 1.165) is 42.7 Å². The van der Waals surface area contributed by atoms with Crippen LogP contribution in [0.5, 0.6) is 0 Å². The van der Waals surface area contributed by atoms with Crippen molar-refractivity contribution >= 4 is 28.5 Å². The molecule has 0 aliphatic carbocycles. The SMILES string of the molecule is O=C(c1ccc2c(c1)ncn2-c1cccc(Cl)c1)N1CCCC1. The molecule has 3 aromatic rings. The van der Waals surface area contributed by atoms with Crippen LogP contribution in [0.4, 0.5) is 0 Å². The molecule has 1 aliphatic rings. The Balaban J connectivity index is 1.73. The number of carbonyl (C=O) groups excluding carboxylic acids is 1. The van der Waals surface area contributed by atoms with Gasteiger partial charge in [-0.05, 0) is 49.2 Å². The van der Waals surface area contributed by atoms with Gasteiger partial charge in [-0.3, -0.25) is 9.36 Å². The van der Waals surface area contributed by atoms with Crippen LogP contribution < -0.4 is 0 Å². The van der Waals surface area contributed by atoms with E-state index in [9.17, 15) is 4.79 Å². The molecule has 2 aromatic carbocycles. The number of fused-ring (bicyclic) bond motifs is 1. The number of nitrogens with zero attached hydrogens (tertiary/aromatic N) is 3. The van der Waals surface area contributed by atoms with E-state index in [2.05, 4.69) is 4.98 Å². The summed E-state index contributed by atoms with van der Waals surface area (Å²) in [6.45, 7) is 1.71. The lowest BCUT2D eigenvalue weighted by Gasteiger charge is -2.15. The molecule has 4 rings (SSSR count). The van der Waals surface area contributed by atoms with Crippen molar-refractivity contribution in [2.45, 2.75) is 12.8 Å². The van der Waals surface area contributed by atoms with Gasteiger partial charge in [0.1, 0.15) is 6.33 Å². The Hall–Kier alpha value is -2.33. The summed E-state index contributed by atoms with van der Waals surface area (Å²) >= 11 is 6.07.